The maximum absolute atomic E-state index is 11.6. The Morgan fingerprint density at radius 1 is 1.00 bits per heavy atom. The maximum atomic E-state index is 11.6. The molecule has 0 saturated carbocycles. The zero-order valence-electron chi connectivity index (χ0n) is 14.1. The topological polar surface area (TPSA) is 26.3 Å². The first-order valence-corrected chi connectivity index (χ1v) is 7.62. The minimum Gasteiger partial charge on any atom is -0.488 e. The highest BCUT2D eigenvalue weighted by Crippen LogP contribution is 2.20. The predicted octanol–water partition coefficient (Wildman–Crippen LogP) is 4.97. The van der Waals surface area contributed by atoms with Gasteiger partial charge >= 0.3 is 0 Å². The van der Waals surface area contributed by atoms with Gasteiger partial charge in [-0.3, -0.25) is 4.79 Å². The second kappa shape index (κ2) is 6.35. The first-order valence-electron chi connectivity index (χ1n) is 7.62. The molecule has 0 amide bonds. The number of carbonyl (C=O) groups excluding carboxylic acids is 1. The van der Waals surface area contributed by atoms with E-state index < -0.39 is 0 Å². The van der Waals surface area contributed by atoms with Crippen molar-refractivity contribution in [1.82, 2.24) is 0 Å². The highest BCUT2D eigenvalue weighted by molar-refractivity contribution is 5.94. The third-order valence-electron chi connectivity index (χ3n) is 3.30. The third-order valence-corrected chi connectivity index (χ3v) is 3.30. The van der Waals surface area contributed by atoms with E-state index in [0.29, 0.717) is 0 Å². The van der Waals surface area contributed by atoms with Gasteiger partial charge in [0.1, 0.15) is 11.4 Å². The van der Waals surface area contributed by atoms with E-state index in [-0.39, 0.29) is 11.4 Å². The van der Waals surface area contributed by atoms with E-state index in [0.717, 1.165) is 28.9 Å². The number of hydrogen-bond acceptors (Lipinski definition) is 2. The van der Waals surface area contributed by atoms with Crippen LogP contribution in [0.25, 0.3) is 0 Å². The van der Waals surface area contributed by atoms with E-state index in [1.54, 1.807) is 6.92 Å². The van der Waals surface area contributed by atoms with Gasteiger partial charge in [-0.2, -0.15) is 0 Å². The molecule has 0 spiro atoms. The van der Waals surface area contributed by atoms with E-state index in [1.165, 1.54) is 5.56 Å². The van der Waals surface area contributed by atoms with E-state index in [1.807, 2.05) is 52.0 Å². The van der Waals surface area contributed by atoms with Gasteiger partial charge in [0, 0.05) is 5.56 Å². The first kappa shape index (κ1) is 16.3. The van der Waals surface area contributed by atoms with Gasteiger partial charge in [-0.05, 0) is 76.4 Å². The van der Waals surface area contributed by atoms with Crippen molar-refractivity contribution < 1.29 is 9.53 Å². The van der Waals surface area contributed by atoms with Crippen LogP contribution in [-0.4, -0.2) is 11.4 Å². The molecule has 2 heteroatoms. The van der Waals surface area contributed by atoms with Gasteiger partial charge in [0.15, 0.2) is 5.78 Å². The molecule has 0 N–H and O–H groups in total. The SMILES string of the molecule is CC(=O)c1cc(C)cc(Cc2ccc(OC(C)(C)C)cc2)c1. The Balaban J connectivity index is 2.16. The lowest BCUT2D eigenvalue weighted by atomic mass is 9.99. The summed E-state index contributed by atoms with van der Waals surface area (Å²) in [6.45, 7) is 9.75. The van der Waals surface area contributed by atoms with Gasteiger partial charge in [-0.1, -0.05) is 23.8 Å². The number of carbonyl (C=O) groups is 1. The van der Waals surface area contributed by atoms with Crippen LogP contribution in [0, 0.1) is 6.92 Å². The van der Waals surface area contributed by atoms with Crippen LogP contribution in [0.15, 0.2) is 42.5 Å². The Kier molecular flexibility index (Phi) is 4.70. The normalized spacial score (nSPS) is 11.3. The zero-order chi connectivity index (χ0) is 16.3. The van der Waals surface area contributed by atoms with Gasteiger partial charge in [-0.15, -0.1) is 0 Å². The Labute approximate surface area is 133 Å². The molecule has 0 aromatic heterocycles. The van der Waals surface area contributed by atoms with Crippen LogP contribution in [0.3, 0.4) is 0 Å². The molecule has 0 aliphatic carbocycles. The Bertz CT molecular complexity index is 661. The van der Waals surface area contributed by atoms with Crippen LogP contribution < -0.4 is 4.74 Å². The van der Waals surface area contributed by atoms with Gasteiger partial charge in [0.25, 0.3) is 0 Å². The minimum absolute atomic E-state index is 0.110. The van der Waals surface area contributed by atoms with E-state index >= 15 is 0 Å². The highest BCUT2D eigenvalue weighted by atomic mass is 16.5. The van der Waals surface area contributed by atoms with Crippen LogP contribution in [0.4, 0.5) is 0 Å². The summed E-state index contributed by atoms with van der Waals surface area (Å²) in [6.07, 6.45) is 0.817. The van der Waals surface area contributed by atoms with Crippen molar-refractivity contribution in [1.29, 1.82) is 0 Å². The molecule has 116 valence electrons. The smallest absolute Gasteiger partial charge is 0.159 e. The summed E-state index contributed by atoms with van der Waals surface area (Å²) in [7, 11) is 0. The average molecular weight is 296 g/mol. The van der Waals surface area contributed by atoms with Crippen LogP contribution >= 0.6 is 0 Å². The predicted molar refractivity (Wildman–Crippen MR) is 90.8 cm³/mol. The van der Waals surface area contributed by atoms with Gasteiger partial charge < -0.3 is 4.74 Å². The third kappa shape index (κ3) is 4.73. The molecule has 0 unspecified atom stereocenters. The number of benzene rings is 2. The molecule has 0 saturated heterocycles. The summed E-state index contributed by atoms with van der Waals surface area (Å²) in [5, 5.41) is 0. The number of rotatable bonds is 4. The van der Waals surface area contributed by atoms with Crippen LogP contribution in [0.1, 0.15) is 54.7 Å². The molecule has 0 bridgehead atoms. The molecule has 2 rings (SSSR count). The summed E-state index contributed by atoms with van der Waals surface area (Å²) in [4.78, 5) is 11.6. The standard InChI is InChI=1S/C20H24O2/c1-14-10-17(13-18(11-14)15(2)21)12-16-6-8-19(9-7-16)22-20(3,4)5/h6-11,13H,12H2,1-5H3. The lowest BCUT2D eigenvalue weighted by molar-refractivity contribution is 0.101. The highest BCUT2D eigenvalue weighted by Gasteiger charge is 2.11. The largest absolute Gasteiger partial charge is 0.488 e. The molecule has 0 radical (unpaired) electrons. The number of hydrogen-bond donors (Lipinski definition) is 0. The molecule has 2 nitrogen and oxygen atoms in total. The fraction of sp³-hybridized carbons (Fsp3) is 0.350. The summed E-state index contributed by atoms with van der Waals surface area (Å²) < 4.78 is 5.83. The van der Waals surface area contributed by atoms with Crippen molar-refractivity contribution in [3.63, 3.8) is 0 Å². The quantitative estimate of drug-likeness (QED) is 0.745. The molecule has 0 aliphatic rings. The second-order valence-corrected chi connectivity index (χ2v) is 6.80. The van der Waals surface area contributed by atoms with Crippen LogP contribution in [-0.2, 0) is 6.42 Å². The van der Waals surface area contributed by atoms with Crippen LogP contribution in [0.5, 0.6) is 5.75 Å². The van der Waals surface area contributed by atoms with Crippen molar-refractivity contribution >= 4 is 5.78 Å². The summed E-state index contributed by atoms with van der Waals surface area (Å²) in [6, 6.07) is 14.2. The molecular formula is C20H24O2. The Morgan fingerprint density at radius 3 is 2.18 bits per heavy atom. The lowest BCUT2D eigenvalue weighted by Crippen LogP contribution is -2.22. The van der Waals surface area contributed by atoms with Crippen molar-refractivity contribution in [2.24, 2.45) is 0 Å². The second-order valence-electron chi connectivity index (χ2n) is 6.80. The van der Waals surface area contributed by atoms with Crippen molar-refractivity contribution in [3.05, 3.63) is 64.7 Å². The van der Waals surface area contributed by atoms with Crippen molar-refractivity contribution in [2.75, 3.05) is 0 Å². The minimum atomic E-state index is -0.186. The molecule has 2 aromatic carbocycles. The van der Waals surface area contributed by atoms with E-state index in [4.69, 9.17) is 4.74 Å². The fourth-order valence-corrected chi connectivity index (χ4v) is 2.43. The summed E-state index contributed by atoms with van der Waals surface area (Å²) in [5.41, 5.74) is 4.09. The summed E-state index contributed by atoms with van der Waals surface area (Å²) in [5.74, 6) is 0.990. The monoisotopic (exact) mass is 296 g/mol. The molecular weight excluding hydrogens is 272 g/mol. The molecule has 0 aliphatic heterocycles. The Morgan fingerprint density at radius 2 is 1.64 bits per heavy atom. The lowest BCUT2D eigenvalue weighted by Gasteiger charge is -2.21. The number of ketones is 1. The molecule has 0 fully saturated rings. The molecule has 0 heterocycles. The van der Waals surface area contributed by atoms with E-state index in [9.17, 15) is 4.79 Å². The van der Waals surface area contributed by atoms with Gasteiger partial charge in [0.2, 0.25) is 0 Å². The maximum Gasteiger partial charge on any atom is 0.159 e. The van der Waals surface area contributed by atoms with Gasteiger partial charge in [-0.25, -0.2) is 0 Å². The molecule has 22 heavy (non-hydrogen) atoms. The number of Topliss-reactive ketones (excluding diaryl/α,β-unsaturated/α-hetero) is 1. The van der Waals surface area contributed by atoms with Gasteiger partial charge in [0.05, 0.1) is 0 Å². The number of aryl methyl sites for hydroxylation is 1. The first-order chi connectivity index (χ1) is 10.2. The van der Waals surface area contributed by atoms with E-state index in [2.05, 4.69) is 18.2 Å². The molecule has 0 atom stereocenters. The number of ether oxygens (including phenoxy) is 1. The average Bonchev–Trinajstić information content (AvgIpc) is 2.38. The molecule has 2 aromatic rings. The van der Waals surface area contributed by atoms with Crippen molar-refractivity contribution in [2.45, 2.75) is 46.6 Å². The van der Waals surface area contributed by atoms with Crippen molar-refractivity contribution in [3.8, 4) is 5.75 Å². The fourth-order valence-electron chi connectivity index (χ4n) is 2.43. The van der Waals surface area contributed by atoms with Crippen LogP contribution in [0.2, 0.25) is 0 Å². The zero-order valence-corrected chi connectivity index (χ0v) is 14.1. The summed E-state index contributed by atoms with van der Waals surface area (Å²) >= 11 is 0. The Hall–Kier alpha value is -2.09.